The van der Waals surface area contributed by atoms with Gasteiger partial charge in [0.1, 0.15) is 17.8 Å². The van der Waals surface area contributed by atoms with E-state index in [1.54, 1.807) is 18.5 Å². The molecule has 1 aromatic carbocycles. The van der Waals surface area contributed by atoms with Crippen LogP contribution in [0.3, 0.4) is 0 Å². The Hall–Kier alpha value is -3.55. The Bertz CT molecular complexity index is 972. The highest BCUT2D eigenvalue weighted by Gasteiger charge is 2.20. The lowest BCUT2D eigenvalue weighted by atomic mass is 10.1. The number of amides is 1. The predicted molar refractivity (Wildman–Crippen MR) is 111 cm³/mol. The van der Waals surface area contributed by atoms with Gasteiger partial charge in [-0.2, -0.15) is 0 Å². The average molecular weight is 389 g/mol. The topological polar surface area (TPSA) is 87.1 Å². The van der Waals surface area contributed by atoms with Gasteiger partial charge in [-0.15, -0.1) is 0 Å². The van der Waals surface area contributed by atoms with Gasteiger partial charge in [-0.3, -0.25) is 4.79 Å². The smallest absolute Gasteiger partial charge is 0.270 e. The van der Waals surface area contributed by atoms with Gasteiger partial charge in [-0.1, -0.05) is 29.8 Å². The van der Waals surface area contributed by atoms with Gasteiger partial charge in [0.25, 0.3) is 5.91 Å². The maximum atomic E-state index is 12.5. The van der Waals surface area contributed by atoms with E-state index in [0.717, 1.165) is 43.5 Å². The molecule has 0 unspecified atom stereocenters. The summed E-state index contributed by atoms with van der Waals surface area (Å²) in [4.78, 5) is 33.9. The van der Waals surface area contributed by atoms with Gasteiger partial charge >= 0.3 is 0 Å². The number of aromatic nitrogens is 4. The number of hydrogen-bond donors (Lipinski definition) is 1. The first kappa shape index (κ1) is 18.8. The number of anilines is 2. The second-order valence-electron chi connectivity index (χ2n) is 6.96. The minimum atomic E-state index is -0.202. The fraction of sp³-hybridized carbons (Fsp3) is 0.286. The predicted octanol–water partition coefficient (Wildman–Crippen LogP) is 1.83. The summed E-state index contributed by atoms with van der Waals surface area (Å²) < 4.78 is 0. The van der Waals surface area contributed by atoms with Crippen LogP contribution in [0.5, 0.6) is 0 Å². The number of nitrogens with one attached hydrogen (secondary N) is 1. The summed E-state index contributed by atoms with van der Waals surface area (Å²) in [5.74, 6) is 1.30. The molecule has 3 aromatic rings. The summed E-state index contributed by atoms with van der Waals surface area (Å²) in [5, 5.41) is 2.93. The van der Waals surface area contributed by atoms with Crippen LogP contribution in [0.1, 0.15) is 21.6 Å². The highest BCUT2D eigenvalue weighted by Crippen LogP contribution is 2.16. The molecule has 1 aliphatic rings. The Labute approximate surface area is 169 Å². The fourth-order valence-electron chi connectivity index (χ4n) is 3.33. The number of carbonyl (C=O) groups is 1. The van der Waals surface area contributed by atoms with Gasteiger partial charge in [0.05, 0.1) is 0 Å². The van der Waals surface area contributed by atoms with Crippen LogP contribution in [-0.4, -0.2) is 52.0 Å². The van der Waals surface area contributed by atoms with E-state index in [-0.39, 0.29) is 5.91 Å². The van der Waals surface area contributed by atoms with Crippen LogP contribution >= 0.6 is 0 Å². The molecule has 1 fully saturated rings. The summed E-state index contributed by atoms with van der Waals surface area (Å²) in [6.45, 7) is 5.65. The number of aryl methyl sites for hydroxylation is 1. The van der Waals surface area contributed by atoms with Crippen molar-refractivity contribution in [1.29, 1.82) is 0 Å². The first-order chi connectivity index (χ1) is 14.2. The van der Waals surface area contributed by atoms with Crippen molar-refractivity contribution >= 4 is 17.7 Å². The van der Waals surface area contributed by atoms with Crippen LogP contribution < -0.4 is 15.1 Å². The number of rotatable bonds is 5. The lowest BCUT2D eigenvalue weighted by Gasteiger charge is -2.35. The summed E-state index contributed by atoms with van der Waals surface area (Å²) in [5.41, 5.74) is 2.60. The SMILES string of the molecule is Cc1cccc(CNC(=O)c2cc(N3CCN(c4ncccn4)CC3)ncn2)c1. The summed E-state index contributed by atoms with van der Waals surface area (Å²) in [7, 11) is 0. The Morgan fingerprint density at radius 3 is 2.48 bits per heavy atom. The number of nitrogens with zero attached hydrogens (tertiary/aromatic N) is 6. The van der Waals surface area contributed by atoms with E-state index in [1.807, 2.05) is 31.2 Å². The third kappa shape index (κ3) is 4.66. The molecule has 0 atom stereocenters. The van der Waals surface area contributed by atoms with Crippen molar-refractivity contribution < 1.29 is 4.79 Å². The third-order valence-corrected chi connectivity index (χ3v) is 4.86. The molecule has 0 radical (unpaired) electrons. The first-order valence-electron chi connectivity index (χ1n) is 9.62. The van der Waals surface area contributed by atoms with Crippen LogP contribution in [0.15, 0.2) is 55.1 Å². The zero-order chi connectivity index (χ0) is 20.1. The van der Waals surface area contributed by atoms with Crippen molar-refractivity contribution in [2.45, 2.75) is 13.5 Å². The van der Waals surface area contributed by atoms with Gasteiger partial charge < -0.3 is 15.1 Å². The lowest BCUT2D eigenvalue weighted by molar-refractivity contribution is 0.0945. The number of hydrogen-bond acceptors (Lipinski definition) is 7. The number of piperazine rings is 1. The number of carbonyl (C=O) groups excluding carboxylic acids is 1. The molecule has 1 aliphatic heterocycles. The van der Waals surface area contributed by atoms with Gasteiger partial charge in [-0.25, -0.2) is 19.9 Å². The fourth-order valence-corrected chi connectivity index (χ4v) is 3.33. The summed E-state index contributed by atoms with van der Waals surface area (Å²) >= 11 is 0. The molecule has 0 bridgehead atoms. The van der Waals surface area contributed by atoms with Crippen molar-refractivity contribution in [2.75, 3.05) is 36.0 Å². The maximum absolute atomic E-state index is 12.5. The van der Waals surface area contributed by atoms with Crippen LogP contribution in [0.4, 0.5) is 11.8 Å². The van der Waals surface area contributed by atoms with Crippen LogP contribution in [0, 0.1) is 6.92 Å². The van der Waals surface area contributed by atoms with Crippen LogP contribution in [0.2, 0.25) is 0 Å². The van der Waals surface area contributed by atoms with E-state index in [1.165, 1.54) is 11.9 Å². The van der Waals surface area contributed by atoms with E-state index in [0.29, 0.717) is 12.2 Å². The second-order valence-corrected chi connectivity index (χ2v) is 6.96. The Balaban J connectivity index is 1.37. The molecular weight excluding hydrogens is 366 g/mol. The Kier molecular flexibility index (Phi) is 5.60. The van der Waals surface area contributed by atoms with Gasteiger partial charge in [0.15, 0.2) is 0 Å². The quantitative estimate of drug-likeness (QED) is 0.712. The lowest BCUT2D eigenvalue weighted by Crippen LogP contribution is -2.47. The van der Waals surface area contributed by atoms with E-state index in [2.05, 4.69) is 41.1 Å². The highest BCUT2D eigenvalue weighted by molar-refractivity contribution is 5.92. The normalized spacial score (nSPS) is 14.0. The Morgan fingerprint density at radius 2 is 1.72 bits per heavy atom. The molecule has 1 saturated heterocycles. The first-order valence-corrected chi connectivity index (χ1v) is 9.62. The Morgan fingerprint density at radius 1 is 0.966 bits per heavy atom. The van der Waals surface area contributed by atoms with E-state index in [9.17, 15) is 4.79 Å². The van der Waals surface area contributed by atoms with E-state index in [4.69, 9.17) is 0 Å². The van der Waals surface area contributed by atoms with Crippen molar-refractivity contribution in [2.24, 2.45) is 0 Å². The van der Waals surface area contributed by atoms with Crippen molar-refractivity contribution in [3.63, 3.8) is 0 Å². The van der Waals surface area contributed by atoms with Crippen molar-refractivity contribution in [3.05, 3.63) is 71.9 Å². The monoisotopic (exact) mass is 389 g/mol. The molecule has 2 aromatic heterocycles. The molecule has 8 nitrogen and oxygen atoms in total. The van der Waals surface area contributed by atoms with Gasteiger partial charge in [0, 0.05) is 51.2 Å². The molecule has 0 spiro atoms. The van der Waals surface area contributed by atoms with Gasteiger partial charge in [-0.05, 0) is 18.6 Å². The maximum Gasteiger partial charge on any atom is 0.270 e. The van der Waals surface area contributed by atoms with E-state index < -0.39 is 0 Å². The molecule has 1 N–H and O–H groups in total. The van der Waals surface area contributed by atoms with Gasteiger partial charge in [0.2, 0.25) is 5.95 Å². The molecule has 0 saturated carbocycles. The third-order valence-electron chi connectivity index (χ3n) is 4.86. The minimum Gasteiger partial charge on any atom is -0.353 e. The second kappa shape index (κ2) is 8.64. The van der Waals surface area contributed by atoms with E-state index >= 15 is 0 Å². The minimum absolute atomic E-state index is 0.202. The molecule has 3 heterocycles. The van der Waals surface area contributed by atoms with Crippen LogP contribution in [0.25, 0.3) is 0 Å². The average Bonchev–Trinajstić information content (AvgIpc) is 2.78. The van der Waals surface area contributed by atoms with Crippen molar-refractivity contribution in [1.82, 2.24) is 25.3 Å². The zero-order valence-electron chi connectivity index (χ0n) is 16.3. The molecule has 29 heavy (non-hydrogen) atoms. The van der Waals surface area contributed by atoms with Crippen molar-refractivity contribution in [3.8, 4) is 0 Å². The highest BCUT2D eigenvalue weighted by atomic mass is 16.1. The summed E-state index contributed by atoms with van der Waals surface area (Å²) in [6, 6.07) is 11.6. The molecular formula is C21H23N7O. The molecule has 0 aliphatic carbocycles. The molecule has 4 rings (SSSR count). The number of benzene rings is 1. The largest absolute Gasteiger partial charge is 0.353 e. The zero-order valence-corrected chi connectivity index (χ0v) is 16.3. The molecule has 148 valence electrons. The standard InChI is InChI=1S/C21H23N7O/c1-16-4-2-5-17(12-16)14-24-20(29)18-13-19(26-15-25-18)27-8-10-28(11-9-27)21-22-6-3-7-23-21/h2-7,12-13,15H,8-11,14H2,1H3,(H,24,29). The molecule has 8 heteroatoms. The molecule has 1 amide bonds. The van der Waals surface area contributed by atoms with Crippen LogP contribution in [-0.2, 0) is 6.54 Å². The summed E-state index contributed by atoms with van der Waals surface area (Å²) in [6.07, 6.45) is 4.95.